The third-order valence-corrected chi connectivity index (χ3v) is 4.72. The Morgan fingerprint density at radius 2 is 1.73 bits per heavy atom. The number of nitrogens with zero attached hydrogens (tertiary/aromatic N) is 3. The van der Waals surface area contributed by atoms with E-state index >= 15 is 0 Å². The molecule has 112 valence electrons. The van der Waals surface area contributed by atoms with Gasteiger partial charge in [0.05, 0.1) is 5.56 Å². The highest BCUT2D eigenvalue weighted by Gasteiger charge is 2.17. The van der Waals surface area contributed by atoms with Crippen molar-refractivity contribution in [2.24, 2.45) is 0 Å². The molecule has 0 bridgehead atoms. The van der Waals surface area contributed by atoms with Gasteiger partial charge in [0.15, 0.2) is 0 Å². The molecule has 1 aliphatic heterocycles. The first-order valence-electron chi connectivity index (χ1n) is 7.47. The standard InChI is InChI=1S/C18H18BrN3/c19-18-12-17(7-6-16(18)13-20)22-10-8-21(9-11-22)14-15-4-2-1-3-5-15/h1-7,12H,8-11,14H2. The van der Waals surface area contributed by atoms with Gasteiger partial charge in [0.2, 0.25) is 0 Å². The van der Waals surface area contributed by atoms with Crippen molar-refractivity contribution in [2.75, 3.05) is 31.1 Å². The van der Waals surface area contributed by atoms with Gasteiger partial charge in [-0.15, -0.1) is 0 Å². The Bertz CT molecular complexity index is 670. The molecule has 0 spiro atoms. The summed E-state index contributed by atoms with van der Waals surface area (Å²) in [5, 5.41) is 8.99. The largest absolute Gasteiger partial charge is 0.369 e. The van der Waals surface area contributed by atoms with Crippen LogP contribution >= 0.6 is 15.9 Å². The molecule has 0 saturated carbocycles. The van der Waals surface area contributed by atoms with E-state index in [4.69, 9.17) is 5.26 Å². The molecular weight excluding hydrogens is 338 g/mol. The second kappa shape index (κ2) is 6.95. The highest BCUT2D eigenvalue weighted by molar-refractivity contribution is 9.10. The average Bonchev–Trinajstić information content (AvgIpc) is 2.56. The molecular formula is C18H18BrN3. The van der Waals surface area contributed by atoms with Gasteiger partial charge >= 0.3 is 0 Å². The quantitative estimate of drug-likeness (QED) is 0.841. The van der Waals surface area contributed by atoms with Crippen molar-refractivity contribution in [1.29, 1.82) is 5.26 Å². The van der Waals surface area contributed by atoms with Crippen molar-refractivity contribution in [3.63, 3.8) is 0 Å². The molecule has 0 amide bonds. The maximum atomic E-state index is 8.99. The van der Waals surface area contributed by atoms with E-state index in [-0.39, 0.29) is 0 Å². The monoisotopic (exact) mass is 355 g/mol. The number of hydrogen-bond donors (Lipinski definition) is 0. The van der Waals surface area contributed by atoms with Crippen molar-refractivity contribution >= 4 is 21.6 Å². The van der Waals surface area contributed by atoms with Crippen LogP contribution in [0.25, 0.3) is 0 Å². The van der Waals surface area contributed by atoms with E-state index in [1.807, 2.05) is 18.2 Å². The van der Waals surface area contributed by atoms with Gasteiger partial charge in [-0.25, -0.2) is 0 Å². The lowest BCUT2D eigenvalue weighted by Crippen LogP contribution is -2.45. The average molecular weight is 356 g/mol. The fourth-order valence-corrected chi connectivity index (χ4v) is 3.25. The minimum Gasteiger partial charge on any atom is -0.369 e. The minimum atomic E-state index is 0.687. The molecule has 3 nitrogen and oxygen atoms in total. The zero-order valence-corrected chi connectivity index (χ0v) is 14.0. The molecule has 0 aliphatic carbocycles. The molecule has 0 radical (unpaired) electrons. The molecule has 0 N–H and O–H groups in total. The molecule has 1 fully saturated rings. The van der Waals surface area contributed by atoms with Crippen LogP contribution in [-0.4, -0.2) is 31.1 Å². The number of halogens is 1. The van der Waals surface area contributed by atoms with E-state index in [2.05, 4.69) is 62.1 Å². The summed E-state index contributed by atoms with van der Waals surface area (Å²) in [5.74, 6) is 0. The van der Waals surface area contributed by atoms with Crippen LogP contribution in [0.2, 0.25) is 0 Å². The lowest BCUT2D eigenvalue weighted by Gasteiger charge is -2.36. The van der Waals surface area contributed by atoms with Crippen LogP contribution in [-0.2, 0) is 6.54 Å². The van der Waals surface area contributed by atoms with Crippen molar-refractivity contribution in [3.05, 3.63) is 64.1 Å². The lowest BCUT2D eigenvalue weighted by molar-refractivity contribution is 0.250. The van der Waals surface area contributed by atoms with Gasteiger partial charge in [0.25, 0.3) is 0 Å². The zero-order valence-electron chi connectivity index (χ0n) is 12.4. The molecule has 0 unspecified atom stereocenters. The van der Waals surface area contributed by atoms with Crippen LogP contribution in [0.15, 0.2) is 53.0 Å². The summed E-state index contributed by atoms with van der Waals surface area (Å²) in [6.07, 6.45) is 0. The van der Waals surface area contributed by atoms with Gasteiger partial charge in [-0.1, -0.05) is 30.3 Å². The predicted molar refractivity (Wildman–Crippen MR) is 92.8 cm³/mol. The second-order valence-corrected chi connectivity index (χ2v) is 6.38. The Kier molecular flexibility index (Phi) is 4.77. The van der Waals surface area contributed by atoms with Crippen LogP contribution in [0.3, 0.4) is 0 Å². The number of anilines is 1. The van der Waals surface area contributed by atoms with Gasteiger partial charge in [0, 0.05) is 42.9 Å². The van der Waals surface area contributed by atoms with Crippen molar-refractivity contribution in [3.8, 4) is 6.07 Å². The van der Waals surface area contributed by atoms with Crippen molar-refractivity contribution in [1.82, 2.24) is 4.90 Å². The Balaban J connectivity index is 1.60. The molecule has 4 heteroatoms. The highest BCUT2D eigenvalue weighted by Crippen LogP contribution is 2.24. The van der Waals surface area contributed by atoms with E-state index in [0.717, 1.165) is 37.2 Å². The summed E-state index contributed by atoms with van der Waals surface area (Å²) in [7, 11) is 0. The van der Waals surface area contributed by atoms with E-state index in [1.54, 1.807) is 0 Å². The van der Waals surface area contributed by atoms with Crippen LogP contribution in [0.1, 0.15) is 11.1 Å². The molecule has 0 aromatic heterocycles. The summed E-state index contributed by atoms with van der Waals surface area (Å²) in [4.78, 5) is 4.87. The van der Waals surface area contributed by atoms with Gasteiger partial charge in [-0.3, -0.25) is 4.90 Å². The van der Waals surface area contributed by atoms with Gasteiger partial charge < -0.3 is 4.90 Å². The first-order chi connectivity index (χ1) is 10.8. The summed E-state index contributed by atoms with van der Waals surface area (Å²) < 4.78 is 0.874. The van der Waals surface area contributed by atoms with E-state index < -0.39 is 0 Å². The lowest BCUT2D eigenvalue weighted by atomic mass is 10.1. The van der Waals surface area contributed by atoms with Crippen LogP contribution < -0.4 is 4.90 Å². The Hall–Kier alpha value is -1.83. The van der Waals surface area contributed by atoms with Crippen molar-refractivity contribution in [2.45, 2.75) is 6.54 Å². The van der Waals surface area contributed by atoms with Gasteiger partial charge in [0.1, 0.15) is 6.07 Å². The SMILES string of the molecule is N#Cc1ccc(N2CCN(Cc3ccccc3)CC2)cc1Br. The number of benzene rings is 2. The van der Waals surface area contributed by atoms with Crippen LogP contribution in [0.5, 0.6) is 0 Å². The number of piperazine rings is 1. The first kappa shape index (κ1) is 15.1. The number of rotatable bonds is 3. The summed E-state index contributed by atoms with van der Waals surface area (Å²) in [5.41, 5.74) is 3.24. The predicted octanol–water partition coefficient (Wildman–Crippen LogP) is 3.64. The molecule has 0 atom stereocenters. The third kappa shape index (κ3) is 3.49. The van der Waals surface area contributed by atoms with E-state index in [0.29, 0.717) is 5.56 Å². The van der Waals surface area contributed by atoms with Crippen LogP contribution in [0.4, 0.5) is 5.69 Å². The molecule has 2 aromatic rings. The maximum absolute atomic E-state index is 8.99. The summed E-state index contributed by atoms with van der Waals surface area (Å²) in [6, 6.07) is 18.8. The molecule has 3 rings (SSSR count). The maximum Gasteiger partial charge on any atom is 0.100 e. The molecule has 1 heterocycles. The van der Waals surface area contributed by atoms with Gasteiger partial charge in [-0.2, -0.15) is 5.26 Å². The molecule has 1 saturated heterocycles. The fourth-order valence-electron chi connectivity index (χ4n) is 2.80. The molecule has 1 aliphatic rings. The third-order valence-electron chi connectivity index (χ3n) is 4.06. The Morgan fingerprint density at radius 3 is 2.36 bits per heavy atom. The normalized spacial score (nSPS) is 15.5. The van der Waals surface area contributed by atoms with Gasteiger partial charge in [-0.05, 0) is 39.7 Å². The Labute approximate surface area is 139 Å². The smallest absolute Gasteiger partial charge is 0.100 e. The van der Waals surface area contributed by atoms with E-state index in [1.165, 1.54) is 11.3 Å². The Morgan fingerprint density at radius 1 is 1.00 bits per heavy atom. The zero-order chi connectivity index (χ0) is 15.4. The highest BCUT2D eigenvalue weighted by atomic mass is 79.9. The minimum absolute atomic E-state index is 0.687. The number of hydrogen-bond acceptors (Lipinski definition) is 3. The number of nitriles is 1. The molecule has 22 heavy (non-hydrogen) atoms. The summed E-state index contributed by atoms with van der Waals surface area (Å²) >= 11 is 3.47. The van der Waals surface area contributed by atoms with E-state index in [9.17, 15) is 0 Å². The second-order valence-electron chi connectivity index (χ2n) is 5.52. The molecule has 2 aromatic carbocycles. The fraction of sp³-hybridized carbons (Fsp3) is 0.278. The van der Waals surface area contributed by atoms with Crippen LogP contribution in [0, 0.1) is 11.3 Å². The topological polar surface area (TPSA) is 30.3 Å². The summed E-state index contributed by atoms with van der Waals surface area (Å²) in [6.45, 7) is 5.18. The first-order valence-corrected chi connectivity index (χ1v) is 8.26. The van der Waals surface area contributed by atoms with Crippen molar-refractivity contribution < 1.29 is 0 Å².